The lowest BCUT2D eigenvalue weighted by Gasteiger charge is -2.45. The summed E-state index contributed by atoms with van der Waals surface area (Å²) in [5.41, 5.74) is 4.18. The molecule has 1 N–H and O–H groups in total. The largest absolute Gasteiger partial charge is 0.508 e. The van der Waals surface area contributed by atoms with E-state index < -0.39 is 0 Å². The number of aryl methyl sites for hydroxylation is 1. The Kier molecular flexibility index (Phi) is 4.96. The van der Waals surface area contributed by atoms with Crippen molar-refractivity contribution in [1.29, 1.82) is 0 Å². The van der Waals surface area contributed by atoms with Gasteiger partial charge in [0.05, 0.1) is 0 Å². The van der Waals surface area contributed by atoms with Crippen molar-refractivity contribution in [3.8, 4) is 5.75 Å². The van der Waals surface area contributed by atoms with Gasteiger partial charge in [0.2, 0.25) is 0 Å². The molecular formula is C22H29NO. The van der Waals surface area contributed by atoms with Gasteiger partial charge in [-0.1, -0.05) is 55.8 Å². The molecular weight excluding hydrogens is 294 g/mol. The summed E-state index contributed by atoms with van der Waals surface area (Å²) >= 11 is 0. The number of nitrogens with zero attached hydrogens (tertiary/aromatic N) is 1. The highest BCUT2D eigenvalue weighted by Crippen LogP contribution is 2.40. The standard InChI is InChI=1S/C22H29NO/c1-17-7-9-19(10-8-17)11-13-23-14-12-22(3,18(2)16-23)20-5-4-6-21(24)15-20/h4-10,15,18,24H,11-14,16H2,1-3H3/t18-,22+/m1/s1. The van der Waals surface area contributed by atoms with Crippen LogP contribution in [0.5, 0.6) is 5.75 Å². The van der Waals surface area contributed by atoms with Crippen LogP contribution in [-0.4, -0.2) is 29.6 Å². The summed E-state index contributed by atoms with van der Waals surface area (Å²) in [7, 11) is 0. The predicted octanol–water partition coefficient (Wildman–Crippen LogP) is 4.54. The zero-order chi connectivity index (χ0) is 17.2. The molecule has 2 nitrogen and oxygen atoms in total. The van der Waals surface area contributed by atoms with Crippen LogP contribution in [0.3, 0.4) is 0 Å². The second-order valence-corrected chi connectivity index (χ2v) is 7.66. The van der Waals surface area contributed by atoms with Gasteiger partial charge in [-0.3, -0.25) is 0 Å². The Bertz CT molecular complexity index is 679. The lowest BCUT2D eigenvalue weighted by Crippen LogP contribution is -2.47. The van der Waals surface area contributed by atoms with E-state index >= 15 is 0 Å². The highest BCUT2D eigenvalue weighted by atomic mass is 16.3. The molecule has 128 valence electrons. The molecule has 1 fully saturated rings. The van der Waals surface area contributed by atoms with Crippen LogP contribution < -0.4 is 0 Å². The summed E-state index contributed by atoms with van der Waals surface area (Å²) in [6.07, 6.45) is 2.27. The highest BCUT2D eigenvalue weighted by Gasteiger charge is 2.37. The normalized spacial score (nSPS) is 24.9. The number of phenolic OH excluding ortho intramolecular Hbond substituents is 1. The van der Waals surface area contributed by atoms with Crippen LogP contribution in [0, 0.1) is 12.8 Å². The molecule has 0 unspecified atom stereocenters. The molecule has 24 heavy (non-hydrogen) atoms. The second kappa shape index (κ2) is 6.98. The first-order chi connectivity index (χ1) is 11.5. The van der Waals surface area contributed by atoms with Crippen LogP contribution >= 0.6 is 0 Å². The summed E-state index contributed by atoms with van der Waals surface area (Å²) < 4.78 is 0. The number of phenols is 1. The molecule has 3 rings (SSSR count). The van der Waals surface area contributed by atoms with Crippen molar-refractivity contribution < 1.29 is 5.11 Å². The molecule has 2 heteroatoms. The molecule has 1 saturated heterocycles. The summed E-state index contributed by atoms with van der Waals surface area (Å²) in [5, 5.41) is 9.82. The quantitative estimate of drug-likeness (QED) is 0.893. The van der Waals surface area contributed by atoms with Crippen LogP contribution in [0.2, 0.25) is 0 Å². The average molecular weight is 323 g/mol. The molecule has 2 aromatic rings. The minimum Gasteiger partial charge on any atom is -0.508 e. The van der Waals surface area contributed by atoms with Gasteiger partial charge in [-0.25, -0.2) is 0 Å². The van der Waals surface area contributed by atoms with Crippen molar-refractivity contribution >= 4 is 0 Å². The number of rotatable bonds is 4. The van der Waals surface area contributed by atoms with Crippen molar-refractivity contribution in [3.63, 3.8) is 0 Å². The number of aromatic hydroxyl groups is 1. The monoisotopic (exact) mass is 323 g/mol. The lowest BCUT2D eigenvalue weighted by molar-refractivity contribution is 0.112. The molecule has 0 radical (unpaired) electrons. The fourth-order valence-electron chi connectivity index (χ4n) is 3.85. The van der Waals surface area contributed by atoms with E-state index in [1.165, 1.54) is 16.7 Å². The third-order valence-corrected chi connectivity index (χ3v) is 5.91. The van der Waals surface area contributed by atoms with Crippen LogP contribution in [0.4, 0.5) is 0 Å². The fraction of sp³-hybridized carbons (Fsp3) is 0.455. The van der Waals surface area contributed by atoms with Gasteiger partial charge in [0.25, 0.3) is 0 Å². The van der Waals surface area contributed by atoms with Gasteiger partial charge in [-0.15, -0.1) is 0 Å². The number of likely N-dealkylation sites (tertiary alicyclic amines) is 1. The second-order valence-electron chi connectivity index (χ2n) is 7.66. The third-order valence-electron chi connectivity index (χ3n) is 5.91. The molecule has 1 aliphatic heterocycles. The van der Waals surface area contributed by atoms with Gasteiger partial charge in [0.15, 0.2) is 0 Å². The van der Waals surface area contributed by atoms with E-state index in [0.29, 0.717) is 11.7 Å². The van der Waals surface area contributed by atoms with Crippen LogP contribution in [-0.2, 0) is 11.8 Å². The van der Waals surface area contributed by atoms with Gasteiger partial charge >= 0.3 is 0 Å². The first kappa shape index (κ1) is 17.0. The van der Waals surface area contributed by atoms with E-state index in [2.05, 4.69) is 56.0 Å². The van der Waals surface area contributed by atoms with E-state index in [1.807, 2.05) is 12.1 Å². The molecule has 0 aromatic heterocycles. The highest BCUT2D eigenvalue weighted by molar-refractivity contribution is 5.33. The maximum absolute atomic E-state index is 9.82. The topological polar surface area (TPSA) is 23.5 Å². The van der Waals surface area contributed by atoms with E-state index in [4.69, 9.17) is 0 Å². The van der Waals surface area contributed by atoms with Crippen molar-refractivity contribution in [3.05, 3.63) is 65.2 Å². The Morgan fingerprint density at radius 2 is 1.92 bits per heavy atom. The Morgan fingerprint density at radius 3 is 2.58 bits per heavy atom. The molecule has 1 heterocycles. The zero-order valence-electron chi connectivity index (χ0n) is 15.1. The molecule has 1 aliphatic rings. The van der Waals surface area contributed by atoms with E-state index in [-0.39, 0.29) is 5.41 Å². The minimum atomic E-state index is 0.152. The molecule has 0 amide bonds. The van der Waals surface area contributed by atoms with Crippen LogP contribution in [0.1, 0.15) is 37.0 Å². The first-order valence-corrected chi connectivity index (χ1v) is 9.05. The van der Waals surface area contributed by atoms with Gasteiger partial charge in [-0.05, 0) is 60.9 Å². The van der Waals surface area contributed by atoms with Gasteiger partial charge < -0.3 is 10.0 Å². The zero-order valence-corrected chi connectivity index (χ0v) is 15.1. The average Bonchev–Trinajstić information content (AvgIpc) is 2.57. The molecule has 0 bridgehead atoms. The van der Waals surface area contributed by atoms with Crippen LogP contribution in [0.25, 0.3) is 0 Å². The Hall–Kier alpha value is -1.80. The molecule has 0 saturated carbocycles. The summed E-state index contributed by atoms with van der Waals surface area (Å²) in [6, 6.07) is 16.7. The SMILES string of the molecule is Cc1ccc(CCN2CC[C@](C)(c3cccc(O)c3)[C@H](C)C2)cc1. The predicted molar refractivity (Wildman–Crippen MR) is 101 cm³/mol. The molecule has 2 atom stereocenters. The Labute approximate surface area is 146 Å². The molecule has 2 aromatic carbocycles. The maximum Gasteiger partial charge on any atom is 0.115 e. The number of hydrogen-bond donors (Lipinski definition) is 1. The van der Waals surface area contributed by atoms with E-state index in [0.717, 1.165) is 32.5 Å². The van der Waals surface area contributed by atoms with E-state index in [1.54, 1.807) is 6.07 Å². The van der Waals surface area contributed by atoms with Gasteiger partial charge in [0, 0.05) is 13.1 Å². The Morgan fingerprint density at radius 1 is 1.17 bits per heavy atom. The fourth-order valence-corrected chi connectivity index (χ4v) is 3.85. The van der Waals surface area contributed by atoms with Gasteiger partial charge in [0.1, 0.15) is 5.75 Å². The van der Waals surface area contributed by atoms with Crippen molar-refractivity contribution in [2.75, 3.05) is 19.6 Å². The Balaban J connectivity index is 1.61. The summed E-state index contributed by atoms with van der Waals surface area (Å²) in [5.74, 6) is 0.953. The first-order valence-electron chi connectivity index (χ1n) is 9.05. The van der Waals surface area contributed by atoms with Crippen LogP contribution in [0.15, 0.2) is 48.5 Å². The third kappa shape index (κ3) is 3.64. The lowest BCUT2D eigenvalue weighted by atomic mass is 9.68. The van der Waals surface area contributed by atoms with Crippen molar-refractivity contribution in [2.24, 2.45) is 5.92 Å². The number of hydrogen-bond acceptors (Lipinski definition) is 2. The van der Waals surface area contributed by atoms with Gasteiger partial charge in [-0.2, -0.15) is 0 Å². The number of benzene rings is 2. The molecule has 0 spiro atoms. The smallest absolute Gasteiger partial charge is 0.115 e. The molecule has 0 aliphatic carbocycles. The summed E-state index contributed by atoms with van der Waals surface area (Å²) in [6.45, 7) is 10.2. The van der Waals surface area contributed by atoms with E-state index in [9.17, 15) is 5.11 Å². The maximum atomic E-state index is 9.82. The number of piperidine rings is 1. The summed E-state index contributed by atoms with van der Waals surface area (Å²) in [4.78, 5) is 2.59. The van der Waals surface area contributed by atoms with Crippen molar-refractivity contribution in [1.82, 2.24) is 4.90 Å². The minimum absolute atomic E-state index is 0.152. The van der Waals surface area contributed by atoms with Crippen molar-refractivity contribution in [2.45, 2.75) is 39.0 Å².